The number of halogens is 1. The van der Waals surface area contributed by atoms with Crippen LogP contribution in [0.1, 0.15) is 23.5 Å². The molecule has 1 aromatic carbocycles. The van der Waals surface area contributed by atoms with Crippen LogP contribution >= 0.6 is 15.9 Å². The van der Waals surface area contributed by atoms with Gasteiger partial charge in [-0.2, -0.15) is 0 Å². The molecule has 0 amide bonds. The van der Waals surface area contributed by atoms with Gasteiger partial charge in [-0.15, -0.1) is 0 Å². The van der Waals surface area contributed by atoms with Gasteiger partial charge in [0.2, 0.25) is 0 Å². The second kappa shape index (κ2) is 3.91. The Labute approximate surface area is 92.5 Å². The Kier molecular flexibility index (Phi) is 2.79. The van der Waals surface area contributed by atoms with E-state index in [0.717, 1.165) is 35.1 Å². The van der Waals surface area contributed by atoms with Crippen molar-refractivity contribution < 1.29 is 5.11 Å². The summed E-state index contributed by atoms with van der Waals surface area (Å²) in [6.45, 7) is 3.95. The van der Waals surface area contributed by atoms with Crippen LogP contribution in [0, 0.1) is 6.92 Å². The molecule has 1 atom stereocenters. The van der Waals surface area contributed by atoms with Crippen LogP contribution in [0.5, 0.6) is 5.75 Å². The van der Waals surface area contributed by atoms with Crippen LogP contribution in [0.3, 0.4) is 0 Å². The standard InChI is InChI=1S/C11H14BrNO/c1-7-2-3-9(12)10(11(7)14)8-4-5-13-6-8/h2-3,8,13-14H,4-6H2,1H3. The average Bonchev–Trinajstić information content (AvgIpc) is 2.65. The predicted molar refractivity (Wildman–Crippen MR) is 60.8 cm³/mol. The predicted octanol–water partition coefficient (Wildman–Crippen LogP) is 2.54. The third-order valence-corrected chi connectivity index (χ3v) is 3.53. The van der Waals surface area contributed by atoms with Crippen molar-refractivity contribution >= 4 is 15.9 Å². The number of aryl methyl sites for hydroxylation is 1. The highest BCUT2D eigenvalue weighted by atomic mass is 79.9. The summed E-state index contributed by atoms with van der Waals surface area (Å²) in [6, 6.07) is 3.95. The number of benzene rings is 1. The zero-order chi connectivity index (χ0) is 10.1. The largest absolute Gasteiger partial charge is 0.507 e. The lowest BCUT2D eigenvalue weighted by Crippen LogP contribution is -2.08. The SMILES string of the molecule is Cc1ccc(Br)c(C2CCNC2)c1O. The van der Waals surface area contributed by atoms with Crippen molar-refractivity contribution in [1.29, 1.82) is 0 Å². The smallest absolute Gasteiger partial charge is 0.123 e. The van der Waals surface area contributed by atoms with Crippen molar-refractivity contribution in [3.63, 3.8) is 0 Å². The van der Waals surface area contributed by atoms with E-state index in [-0.39, 0.29) is 0 Å². The molecule has 1 unspecified atom stereocenters. The highest BCUT2D eigenvalue weighted by molar-refractivity contribution is 9.10. The maximum absolute atomic E-state index is 9.98. The number of hydrogen-bond acceptors (Lipinski definition) is 2. The maximum Gasteiger partial charge on any atom is 0.123 e. The van der Waals surface area contributed by atoms with E-state index in [0.29, 0.717) is 11.7 Å². The Bertz CT molecular complexity index is 345. The second-order valence-corrected chi connectivity index (χ2v) is 4.67. The highest BCUT2D eigenvalue weighted by Crippen LogP contribution is 2.37. The summed E-state index contributed by atoms with van der Waals surface area (Å²) in [6.07, 6.45) is 1.11. The summed E-state index contributed by atoms with van der Waals surface area (Å²) >= 11 is 3.50. The first kappa shape index (κ1) is 9.99. The first-order valence-electron chi connectivity index (χ1n) is 4.89. The molecular formula is C11H14BrNO. The third kappa shape index (κ3) is 1.66. The fourth-order valence-electron chi connectivity index (χ4n) is 1.98. The van der Waals surface area contributed by atoms with Crippen LogP contribution in [-0.4, -0.2) is 18.2 Å². The summed E-state index contributed by atoms with van der Waals surface area (Å²) in [4.78, 5) is 0. The van der Waals surface area contributed by atoms with Crippen LogP contribution in [0.2, 0.25) is 0 Å². The summed E-state index contributed by atoms with van der Waals surface area (Å²) in [7, 11) is 0. The first-order valence-corrected chi connectivity index (χ1v) is 5.68. The number of hydrogen-bond donors (Lipinski definition) is 2. The molecule has 1 aromatic rings. The minimum absolute atomic E-state index is 0.448. The van der Waals surface area contributed by atoms with Gasteiger partial charge in [0.1, 0.15) is 5.75 Å². The fraction of sp³-hybridized carbons (Fsp3) is 0.455. The first-order chi connectivity index (χ1) is 6.70. The summed E-state index contributed by atoms with van der Waals surface area (Å²) in [5.74, 6) is 0.900. The number of nitrogens with one attached hydrogen (secondary N) is 1. The molecule has 0 aromatic heterocycles. The molecule has 3 heteroatoms. The molecule has 1 aliphatic rings. The molecule has 0 aliphatic carbocycles. The molecule has 1 aliphatic heterocycles. The molecule has 14 heavy (non-hydrogen) atoms. The lowest BCUT2D eigenvalue weighted by atomic mass is 9.95. The van der Waals surface area contributed by atoms with Crippen LogP contribution < -0.4 is 5.32 Å². The fourth-order valence-corrected chi connectivity index (χ4v) is 2.63. The molecule has 0 spiro atoms. The van der Waals surface area contributed by atoms with Crippen LogP contribution in [-0.2, 0) is 0 Å². The highest BCUT2D eigenvalue weighted by Gasteiger charge is 2.22. The van der Waals surface area contributed by atoms with Gasteiger partial charge < -0.3 is 10.4 Å². The molecule has 76 valence electrons. The van der Waals surface area contributed by atoms with E-state index in [1.807, 2.05) is 19.1 Å². The number of phenolic OH excluding ortho intramolecular Hbond substituents is 1. The second-order valence-electron chi connectivity index (χ2n) is 3.82. The van der Waals surface area contributed by atoms with Crippen molar-refractivity contribution in [2.24, 2.45) is 0 Å². The Morgan fingerprint density at radius 1 is 1.50 bits per heavy atom. The Morgan fingerprint density at radius 2 is 2.29 bits per heavy atom. The summed E-state index contributed by atoms with van der Waals surface area (Å²) in [5, 5.41) is 13.3. The molecule has 1 heterocycles. The van der Waals surface area contributed by atoms with Gasteiger partial charge in [0.05, 0.1) is 0 Å². The molecule has 2 N–H and O–H groups in total. The topological polar surface area (TPSA) is 32.3 Å². The van der Waals surface area contributed by atoms with E-state index in [1.54, 1.807) is 0 Å². The monoisotopic (exact) mass is 255 g/mol. The van der Waals surface area contributed by atoms with E-state index in [9.17, 15) is 5.11 Å². The summed E-state index contributed by atoms with van der Waals surface area (Å²) in [5.41, 5.74) is 2.02. The number of phenols is 1. The maximum atomic E-state index is 9.98. The molecule has 2 rings (SSSR count). The van der Waals surface area contributed by atoms with Crippen LogP contribution in [0.15, 0.2) is 16.6 Å². The Balaban J connectivity index is 2.44. The van der Waals surface area contributed by atoms with Gasteiger partial charge in [-0.3, -0.25) is 0 Å². The zero-order valence-corrected chi connectivity index (χ0v) is 9.76. The molecule has 0 saturated carbocycles. The van der Waals surface area contributed by atoms with Crippen molar-refractivity contribution in [3.8, 4) is 5.75 Å². The van der Waals surface area contributed by atoms with Gasteiger partial charge in [0.15, 0.2) is 0 Å². The van der Waals surface area contributed by atoms with Gasteiger partial charge >= 0.3 is 0 Å². The van der Waals surface area contributed by atoms with Crippen molar-refractivity contribution in [1.82, 2.24) is 5.32 Å². The number of rotatable bonds is 1. The lowest BCUT2D eigenvalue weighted by Gasteiger charge is -2.14. The van der Waals surface area contributed by atoms with Crippen molar-refractivity contribution in [3.05, 3.63) is 27.7 Å². The number of aromatic hydroxyl groups is 1. The minimum Gasteiger partial charge on any atom is -0.507 e. The molecule has 0 bridgehead atoms. The van der Waals surface area contributed by atoms with Crippen molar-refractivity contribution in [2.45, 2.75) is 19.3 Å². The molecule has 0 radical (unpaired) electrons. The van der Waals surface area contributed by atoms with Gasteiger partial charge in [0.25, 0.3) is 0 Å². The van der Waals surface area contributed by atoms with Gasteiger partial charge in [0, 0.05) is 22.5 Å². The van der Waals surface area contributed by atoms with E-state index in [4.69, 9.17) is 0 Å². The van der Waals surface area contributed by atoms with E-state index in [1.165, 1.54) is 0 Å². The molecule has 1 fully saturated rings. The van der Waals surface area contributed by atoms with E-state index < -0.39 is 0 Å². The summed E-state index contributed by atoms with van der Waals surface area (Å²) < 4.78 is 1.02. The quantitative estimate of drug-likeness (QED) is 0.809. The van der Waals surface area contributed by atoms with Gasteiger partial charge in [-0.05, 0) is 31.5 Å². The molecule has 2 nitrogen and oxygen atoms in total. The van der Waals surface area contributed by atoms with Gasteiger partial charge in [-0.1, -0.05) is 22.0 Å². The molecule has 1 saturated heterocycles. The Morgan fingerprint density at radius 3 is 2.93 bits per heavy atom. The zero-order valence-electron chi connectivity index (χ0n) is 8.18. The van der Waals surface area contributed by atoms with Crippen LogP contribution in [0.25, 0.3) is 0 Å². The van der Waals surface area contributed by atoms with E-state index in [2.05, 4.69) is 21.2 Å². The Hall–Kier alpha value is -0.540. The lowest BCUT2D eigenvalue weighted by molar-refractivity contribution is 0.458. The van der Waals surface area contributed by atoms with Crippen LogP contribution in [0.4, 0.5) is 0 Å². The van der Waals surface area contributed by atoms with E-state index >= 15 is 0 Å². The van der Waals surface area contributed by atoms with Crippen molar-refractivity contribution in [2.75, 3.05) is 13.1 Å². The molecular weight excluding hydrogens is 242 g/mol. The normalized spacial score (nSPS) is 21.4. The van der Waals surface area contributed by atoms with Gasteiger partial charge in [-0.25, -0.2) is 0 Å². The minimum atomic E-state index is 0.448. The third-order valence-electron chi connectivity index (χ3n) is 2.83. The average molecular weight is 256 g/mol.